The maximum absolute atomic E-state index is 10.4. The number of benzene rings is 2. The van der Waals surface area contributed by atoms with Crippen molar-refractivity contribution in [1.29, 1.82) is 0 Å². The summed E-state index contributed by atoms with van der Waals surface area (Å²) in [5, 5.41) is 10.4. The van der Waals surface area contributed by atoms with E-state index in [9.17, 15) is 5.11 Å². The second kappa shape index (κ2) is 8.12. The molecule has 0 aliphatic carbocycles. The van der Waals surface area contributed by atoms with Gasteiger partial charge in [0, 0.05) is 10.7 Å². The lowest BCUT2D eigenvalue weighted by atomic mass is 10.0. The summed E-state index contributed by atoms with van der Waals surface area (Å²) in [7, 11) is 1.64. The van der Waals surface area contributed by atoms with Gasteiger partial charge < -0.3 is 14.6 Å². The summed E-state index contributed by atoms with van der Waals surface area (Å²) in [6.45, 7) is 1.04. The van der Waals surface area contributed by atoms with Crippen molar-refractivity contribution in [3.63, 3.8) is 0 Å². The number of rotatable bonds is 6. The Kier molecular flexibility index (Phi) is 6.47. The SMILES string of the molecule is COCCOc1ccc(C(O)c2ccc(I)cc2)cc1Br. The monoisotopic (exact) mass is 462 g/mol. The number of hydrogen-bond acceptors (Lipinski definition) is 3. The molecule has 0 amide bonds. The Balaban J connectivity index is 2.13. The lowest BCUT2D eigenvalue weighted by molar-refractivity contribution is 0.146. The summed E-state index contributed by atoms with van der Waals surface area (Å²) in [6.07, 6.45) is -0.647. The van der Waals surface area contributed by atoms with E-state index in [0.717, 1.165) is 24.9 Å². The molecular formula is C16H16BrIO3. The molecule has 2 aromatic rings. The number of halogens is 2. The fourth-order valence-corrected chi connectivity index (χ4v) is 2.75. The maximum atomic E-state index is 10.4. The predicted molar refractivity (Wildman–Crippen MR) is 94.7 cm³/mol. The van der Waals surface area contributed by atoms with Gasteiger partial charge in [0.25, 0.3) is 0 Å². The van der Waals surface area contributed by atoms with Gasteiger partial charge in [0.05, 0.1) is 11.1 Å². The van der Waals surface area contributed by atoms with Gasteiger partial charge in [-0.2, -0.15) is 0 Å². The fraction of sp³-hybridized carbons (Fsp3) is 0.250. The molecule has 0 fully saturated rings. The smallest absolute Gasteiger partial charge is 0.133 e. The van der Waals surface area contributed by atoms with Crippen LogP contribution >= 0.6 is 38.5 Å². The Morgan fingerprint density at radius 1 is 1.10 bits per heavy atom. The average molecular weight is 463 g/mol. The quantitative estimate of drug-likeness (QED) is 0.517. The maximum Gasteiger partial charge on any atom is 0.133 e. The molecule has 0 bridgehead atoms. The number of methoxy groups -OCH3 is 1. The first kappa shape index (κ1) is 16.7. The van der Waals surface area contributed by atoms with Crippen LogP contribution < -0.4 is 4.74 Å². The Labute approximate surface area is 146 Å². The first-order chi connectivity index (χ1) is 10.1. The van der Waals surface area contributed by atoms with Gasteiger partial charge in [0.2, 0.25) is 0 Å². The van der Waals surface area contributed by atoms with Crippen LogP contribution in [0.1, 0.15) is 17.2 Å². The highest BCUT2D eigenvalue weighted by Gasteiger charge is 2.12. The van der Waals surface area contributed by atoms with E-state index in [1.807, 2.05) is 42.5 Å². The Hall–Kier alpha value is -0.630. The molecule has 0 saturated carbocycles. The third kappa shape index (κ3) is 4.67. The highest BCUT2D eigenvalue weighted by atomic mass is 127. The summed E-state index contributed by atoms with van der Waals surface area (Å²) in [5.74, 6) is 0.741. The third-order valence-electron chi connectivity index (χ3n) is 3.00. The van der Waals surface area contributed by atoms with Crippen molar-refractivity contribution >= 4 is 38.5 Å². The molecule has 5 heteroatoms. The van der Waals surface area contributed by atoms with Gasteiger partial charge in [0.15, 0.2) is 0 Å². The van der Waals surface area contributed by atoms with Crippen LogP contribution in [0.2, 0.25) is 0 Å². The third-order valence-corrected chi connectivity index (χ3v) is 4.34. The van der Waals surface area contributed by atoms with Crippen molar-refractivity contribution in [2.24, 2.45) is 0 Å². The molecule has 2 aromatic carbocycles. The van der Waals surface area contributed by atoms with E-state index in [2.05, 4.69) is 38.5 Å². The molecule has 0 radical (unpaired) electrons. The second-order valence-corrected chi connectivity index (χ2v) is 6.59. The molecule has 0 aliphatic heterocycles. The standard InChI is InChI=1S/C16H16BrIO3/c1-20-8-9-21-15-7-4-12(10-14(15)17)16(19)11-2-5-13(18)6-3-11/h2-7,10,16,19H,8-9H2,1H3. The van der Waals surface area contributed by atoms with Crippen molar-refractivity contribution in [2.45, 2.75) is 6.10 Å². The first-order valence-corrected chi connectivity index (χ1v) is 8.33. The highest BCUT2D eigenvalue weighted by molar-refractivity contribution is 14.1. The molecule has 3 nitrogen and oxygen atoms in total. The molecule has 0 heterocycles. The Morgan fingerprint density at radius 3 is 2.38 bits per heavy atom. The van der Waals surface area contributed by atoms with Crippen LogP contribution in [-0.2, 0) is 4.74 Å². The van der Waals surface area contributed by atoms with Crippen LogP contribution in [0.4, 0.5) is 0 Å². The molecule has 21 heavy (non-hydrogen) atoms. The summed E-state index contributed by atoms with van der Waals surface area (Å²) in [6, 6.07) is 13.4. The van der Waals surface area contributed by atoms with E-state index in [-0.39, 0.29) is 0 Å². The minimum absolute atomic E-state index is 0.494. The molecule has 112 valence electrons. The summed E-state index contributed by atoms with van der Waals surface area (Å²) < 4.78 is 12.5. The molecule has 1 atom stereocenters. The van der Waals surface area contributed by atoms with Crippen LogP contribution in [-0.4, -0.2) is 25.4 Å². The van der Waals surface area contributed by atoms with Crippen molar-refractivity contribution in [1.82, 2.24) is 0 Å². The zero-order valence-electron chi connectivity index (χ0n) is 11.6. The highest BCUT2D eigenvalue weighted by Crippen LogP contribution is 2.31. The summed E-state index contributed by atoms with van der Waals surface area (Å²) in [4.78, 5) is 0. The van der Waals surface area contributed by atoms with Gasteiger partial charge in [-0.3, -0.25) is 0 Å². The zero-order chi connectivity index (χ0) is 15.2. The molecule has 0 aromatic heterocycles. The van der Waals surface area contributed by atoms with Gasteiger partial charge in [-0.15, -0.1) is 0 Å². The summed E-state index contributed by atoms with van der Waals surface area (Å²) in [5.41, 5.74) is 1.69. The van der Waals surface area contributed by atoms with Crippen LogP contribution in [0, 0.1) is 3.57 Å². The van der Waals surface area contributed by atoms with Crippen molar-refractivity contribution in [2.75, 3.05) is 20.3 Å². The second-order valence-electron chi connectivity index (χ2n) is 4.49. The number of aliphatic hydroxyl groups is 1. The van der Waals surface area contributed by atoms with Gasteiger partial charge in [-0.25, -0.2) is 0 Å². The van der Waals surface area contributed by atoms with Gasteiger partial charge in [0.1, 0.15) is 18.5 Å². The van der Waals surface area contributed by atoms with Crippen LogP contribution in [0.25, 0.3) is 0 Å². The number of hydrogen-bond donors (Lipinski definition) is 1. The van der Waals surface area contributed by atoms with E-state index >= 15 is 0 Å². The average Bonchev–Trinajstić information content (AvgIpc) is 2.49. The van der Waals surface area contributed by atoms with Crippen LogP contribution in [0.15, 0.2) is 46.9 Å². The van der Waals surface area contributed by atoms with E-state index in [0.29, 0.717) is 13.2 Å². The predicted octanol–water partition coefficient (Wildman–Crippen LogP) is 4.16. The van der Waals surface area contributed by atoms with E-state index < -0.39 is 6.10 Å². The van der Waals surface area contributed by atoms with E-state index in [4.69, 9.17) is 9.47 Å². The summed E-state index contributed by atoms with van der Waals surface area (Å²) >= 11 is 5.72. The van der Waals surface area contributed by atoms with Crippen molar-refractivity contribution < 1.29 is 14.6 Å². The molecule has 0 spiro atoms. The normalized spacial score (nSPS) is 12.2. The Morgan fingerprint density at radius 2 is 1.76 bits per heavy atom. The molecular weight excluding hydrogens is 447 g/mol. The lowest BCUT2D eigenvalue weighted by Gasteiger charge is -2.14. The first-order valence-electron chi connectivity index (χ1n) is 6.46. The molecule has 1 unspecified atom stereocenters. The zero-order valence-corrected chi connectivity index (χ0v) is 15.3. The van der Waals surface area contributed by atoms with Crippen molar-refractivity contribution in [3.05, 3.63) is 61.6 Å². The van der Waals surface area contributed by atoms with Gasteiger partial charge >= 0.3 is 0 Å². The molecule has 1 N–H and O–H groups in total. The molecule has 2 rings (SSSR count). The number of ether oxygens (including phenoxy) is 2. The topological polar surface area (TPSA) is 38.7 Å². The minimum Gasteiger partial charge on any atom is -0.490 e. The van der Waals surface area contributed by atoms with Crippen LogP contribution in [0.3, 0.4) is 0 Å². The fourth-order valence-electron chi connectivity index (χ4n) is 1.88. The van der Waals surface area contributed by atoms with E-state index in [1.54, 1.807) is 7.11 Å². The van der Waals surface area contributed by atoms with Gasteiger partial charge in [-0.05, 0) is 73.9 Å². The molecule has 0 aliphatic rings. The van der Waals surface area contributed by atoms with Crippen molar-refractivity contribution in [3.8, 4) is 5.75 Å². The molecule has 0 saturated heterocycles. The Bertz CT molecular complexity index is 587. The lowest BCUT2D eigenvalue weighted by Crippen LogP contribution is -2.05. The van der Waals surface area contributed by atoms with E-state index in [1.165, 1.54) is 0 Å². The number of aliphatic hydroxyl groups excluding tert-OH is 1. The van der Waals surface area contributed by atoms with Gasteiger partial charge in [-0.1, -0.05) is 18.2 Å². The largest absolute Gasteiger partial charge is 0.490 e. The minimum atomic E-state index is -0.647. The van der Waals surface area contributed by atoms with Crippen LogP contribution in [0.5, 0.6) is 5.75 Å².